The first-order valence-electron chi connectivity index (χ1n) is 18.7. The Kier molecular flexibility index (Phi) is 7.39. The van der Waals surface area contributed by atoms with Crippen molar-refractivity contribution < 1.29 is 4.42 Å². The zero-order chi connectivity index (χ0) is 36.3. The van der Waals surface area contributed by atoms with Gasteiger partial charge < -0.3 is 9.32 Å². The van der Waals surface area contributed by atoms with Gasteiger partial charge in [-0.2, -0.15) is 0 Å². The lowest BCUT2D eigenvalue weighted by Crippen LogP contribution is -2.10. The molecular weight excluding hydrogens is 687 g/mol. The summed E-state index contributed by atoms with van der Waals surface area (Å²) >= 11 is 1.85. The number of para-hydroxylation sites is 1. The molecule has 55 heavy (non-hydrogen) atoms. The lowest BCUT2D eigenvalue weighted by Gasteiger charge is -2.27. The van der Waals surface area contributed by atoms with Crippen molar-refractivity contribution in [3.05, 3.63) is 200 Å². The number of fused-ring (bicyclic) bond motifs is 8. The molecule has 0 aliphatic carbocycles. The van der Waals surface area contributed by atoms with Crippen molar-refractivity contribution >= 4 is 81.3 Å². The van der Waals surface area contributed by atoms with Crippen LogP contribution in [-0.2, 0) is 0 Å². The Morgan fingerprint density at radius 2 is 0.873 bits per heavy atom. The van der Waals surface area contributed by atoms with Gasteiger partial charge in [-0.3, -0.25) is 0 Å². The molecule has 0 atom stereocenters. The molecule has 11 aromatic rings. The highest BCUT2D eigenvalue weighted by molar-refractivity contribution is 7.26. The first-order chi connectivity index (χ1) is 27.3. The molecule has 0 bridgehead atoms. The third-order valence-corrected chi connectivity index (χ3v) is 12.0. The number of hydrogen-bond acceptors (Lipinski definition) is 3. The average Bonchev–Trinajstić information content (AvgIpc) is 3.84. The summed E-state index contributed by atoms with van der Waals surface area (Å²) in [6, 6.07) is 72.0. The second kappa shape index (κ2) is 12.9. The maximum Gasteiger partial charge on any atom is 0.143 e. The lowest BCUT2D eigenvalue weighted by molar-refractivity contribution is 0.674. The van der Waals surface area contributed by atoms with E-state index >= 15 is 0 Å². The molecule has 0 aliphatic rings. The largest absolute Gasteiger partial charge is 0.455 e. The van der Waals surface area contributed by atoms with Gasteiger partial charge in [-0.05, 0) is 81.7 Å². The highest BCUT2D eigenvalue weighted by Crippen LogP contribution is 2.46. The summed E-state index contributed by atoms with van der Waals surface area (Å²) < 4.78 is 9.45. The number of nitrogens with zero attached hydrogens (tertiary/aromatic N) is 1. The molecular formula is C52H33NOS. The van der Waals surface area contributed by atoms with Crippen LogP contribution in [0, 0.1) is 0 Å². The standard InChI is InChI=1S/C52H33NOS/c1-3-13-34(14-4-1)35-25-29-38(30-26-35)53(47-22-12-24-49-50(47)44-19-9-10-23-48(44)55-49)39-31-27-37(28-32-39)40-20-11-21-43-46-33-45(36-15-5-2-6-16-36)41-17-7-8-18-42(41)52(46)54-51(40)43/h1-33H. The predicted octanol–water partition coefficient (Wildman–Crippen LogP) is 15.6. The van der Waals surface area contributed by atoms with E-state index in [1.54, 1.807) is 0 Å². The first kappa shape index (κ1) is 31.6. The van der Waals surface area contributed by atoms with Crippen molar-refractivity contribution in [2.45, 2.75) is 0 Å². The number of hydrogen-bond donors (Lipinski definition) is 0. The Morgan fingerprint density at radius 1 is 0.345 bits per heavy atom. The van der Waals surface area contributed by atoms with E-state index in [2.05, 4.69) is 205 Å². The molecule has 9 aromatic carbocycles. The maximum absolute atomic E-state index is 6.88. The van der Waals surface area contributed by atoms with Gasteiger partial charge in [-0.25, -0.2) is 0 Å². The summed E-state index contributed by atoms with van der Waals surface area (Å²) in [6.45, 7) is 0. The number of thiophene rings is 1. The van der Waals surface area contributed by atoms with E-state index in [1.807, 2.05) is 11.3 Å². The minimum Gasteiger partial charge on any atom is -0.455 e. The van der Waals surface area contributed by atoms with E-state index < -0.39 is 0 Å². The van der Waals surface area contributed by atoms with Gasteiger partial charge in [-0.1, -0.05) is 152 Å². The number of benzene rings is 9. The first-order valence-corrected chi connectivity index (χ1v) is 19.5. The zero-order valence-corrected chi connectivity index (χ0v) is 30.6. The molecule has 0 saturated carbocycles. The summed E-state index contributed by atoms with van der Waals surface area (Å²) in [5, 5.41) is 7.12. The molecule has 0 amide bonds. The van der Waals surface area contributed by atoms with Crippen molar-refractivity contribution in [2.24, 2.45) is 0 Å². The molecule has 258 valence electrons. The van der Waals surface area contributed by atoms with Crippen LogP contribution in [0.2, 0.25) is 0 Å². The van der Waals surface area contributed by atoms with Crippen LogP contribution in [-0.4, -0.2) is 0 Å². The van der Waals surface area contributed by atoms with Crippen LogP contribution in [0.5, 0.6) is 0 Å². The zero-order valence-electron chi connectivity index (χ0n) is 29.8. The molecule has 3 heteroatoms. The fourth-order valence-corrected chi connectivity index (χ4v) is 9.42. The Morgan fingerprint density at radius 3 is 1.62 bits per heavy atom. The molecule has 0 saturated heterocycles. The molecule has 0 fully saturated rings. The second-order valence-electron chi connectivity index (χ2n) is 14.0. The third-order valence-electron chi connectivity index (χ3n) is 10.9. The fourth-order valence-electron chi connectivity index (χ4n) is 8.30. The maximum atomic E-state index is 6.88. The van der Waals surface area contributed by atoms with Crippen LogP contribution in [0.1, 0.15) is 0 Å². The molecule has 0 aliphatic heterocycles. The minimum atomic E-state index is 0.906. The average molecular weight is 720 g/mol. The van der Waals surface area contributed by atoms with Gasteiger partial charge in [0, 0.05) is 53.3 Å². The van der Waals surface area contributed by atoms with Gasteiger partial charge in [-0.15, -0.1) is 11.3 Å². The van der Waals surface area contributed by atoms with Crippen LogP contribution in [0.3, 0.4) is 0 Å². The Balaban J connectivity index is 1.06. The van der Waals surface area contributed by atoms with Crippen LogP contribution >= 0.6 is 11.3 Å². The second-order valence-corrected chi connectivity index (χ2v) is 15.1. The Hall–Kier alpha value is -6.94. The quantitative estimate of drug-likeness (QED) is 0.170. The fraction of sp³-hybridized carbons (Fsp3) is 0. The summed E-state index contributed by atoms with van der Waals surface area (Å²) in [6.07, 6.45) is 0. The van der Waals surface area contributed by atoms with Gasteiger partial charge >= 0.3 is 0 Å². The summed E-state index contributed by atoms with van der Waals surface area (Å²) in [4.78, 5) is 2.40. The molecule has 0 unspecified atom stereocenters. The number of anilines is 3. The van der Waals surface area contributed by atoms with Gasteiger partial charge in [0.2, 0.25) is 0 Å². The normalized spacial score (nSPS) is 11.6. The molecule has 0 spiro atoms. The van der Waals surface area contributed by atoms with Crippen LogP contribution in [0.4, 0.5) is 17.1 Å². The van der Waals surface area contributed by atoms with E-state index in [-0.39, 0.29) is 0 Å². The lowest BCUT2D eigenvalue weighted by atomic mass is 9.95. The minimum absolute atomic E-state index is 0.906. The van der Waals surface area contributed by atoms with Crippen molar-refractivity contribution in [1.82, 2.24) is 0 Å². The molecule has 2 nitrogen and oxygen atoms in total. The highest BCUT2D eigenvalue weighted by atomic mass is 32.1. The molecule has 0 radical (unpaired) electrons. The number of furan rings is 1. The van der Waals surface area contributed by atoms with Crippen LogP contribution < -0.4 is 4.90 Å². The van der Waals surface area contributed by atoms with Crippen molar-refractivity contribution in [1.29, 1.82) is 0 Å². The molecule has 2 heterocycles. The SMILES string of the molecule is c1ccc(-c2ccc(N(c3ccc(-c4cccc5c4oc4c6ccccc6c(-c6ccccc6)cc54)cc3)c3cccc4sc5ccccc5c34)cc2)cc1. The monoisotopic (exact) mass is 719 g/mol. The van der Waals surface area contributed by atoms with Crippen LogP contribution in [0.15, 0.2) is 205 Å². The topological polar surface area (TPSA) is 16.4 Å². The summed E-state index contributed by atoms with van der Waals surface area (Å²) in [5.41, 5.74) is 12.2. The highest BCUT2D eigenvalue weighted by Gasteiger charge is 2.20. The Labute approximate surface area is 322 Å². The van der Waals surface area contributed by atoms with E-state index in [0.717, 1.165) is 55.5 Å². The van der Waals surface area contributed by atoms with Crippen LogP contribution in [0.25, 0.3) is 86.3 Å². The molecule has 11 rings (SSSR count). The summed E-state index contributed by atoms with van der Waals surface area (Å²) in [5.74, 6) is 0. The van der Waals surface area contributed by atoms with E-state index in [0.29, 0.717) is 0 Å². The third kappa shape index (κ3) is 5.24. The van der Waals surface area contributed by atoms with Gasteiger partial charge in [0.15, 0.2) is 0 Å². The van der Waals surface area contributed by atoms with Gasteiger partial charge in [0.25, 0.3) is 0 Å². The molecule has 2 aromatic heterocycles. The van der Waals surface area contributed by atoms with E-state index in [1.165, 1.54) is 47.8 Å². The van der Waals surface area contributed by atoms with Crippen molar-refractivity contribution in [3.63, 3.8) is 0 Å². The van der Waals surface area contributed by atoms with E-state index in [9.17, 15) is 0 Å². The van der Waals surface area contributed by atoms with Gasteiger partial charge in [0.1, 0.15) is 11.2 Å². The van der Waals surface area contributed by atoms with Crippen molar-refractivity contribution in [2.75, 3.05) is 4.90 Å². The smallest absolute Gasteiger partial charge is 0.143 e. The summed E-state index contributed by atoms with van der Waals surface area (Å²) in [7, 11) is 0. The predicted molar refractivity (Wildman–Crippen MR) is 235 cm³/mol. The van der Waals surface area contributed by atoms with E-state index in [4.69, 9.17) is 4.42 Å². The Bertz CT molecular complexity index is 3180. The number of rotatable bonds is 6. The van der Waals surface area contributed by atoms with Crippen molar-refractivity contribution in [3.8, 4) is 33.4 Å². The molecule has 0 N–H and O–H groups in total. The van der Waals surface area contributed by atoms with Gasteiger partial charge in [0.05, 0.1) is 5.69 Å².